The van der Waals surface area contributed by atoms with Gasteiger partial charge < -0.3 is 4.90 Å². The van der Waals surface area contributed by atoms with E-state index in [0.717, 1.165) is 12.1 Å². The molecule has 0 radical (unpaired) electrons. The first-order valence-corrected chi connectivity index (χ1v) is 5.45. The molecule has 0 N–H and O–H groups in total. The summed E-state index contributed by atoms with van der Waals surface area (Å²) >= 11 is 0. The molecule has 1 fully saturated rings. The van der Waals surface area contributed by atoms with Gasteiger partial charge in [0.15, 0.2) is 0 Å². The summed E-state index contributed by atoms with van der Waals surface area (Å²) in [6.07, 6.45) is 2.38. The van der Waals surface area contributed by atoms with Crippen LogP contribution in [0.25, 0.3) is 0 Å². The van der Waals surface area contributed by atoms with Crippen LogP contribution in [0, 0.1) is 12.7 Å². The molecule has 0 heterocycles. The van der Waals surface area contributed by atoms with E-state index in [-0.39, 0.29) is 11.2 Å². The molecule has 2 rings (SSSR count). The minimum atomic E-state index is -0.0717. The number of likely N-dealkylation sites (N-methyl/N-ethyl adjacent to an activating group) is 1. The highest BCUT2D eigenvalue weighted by atomic mass is 19.1. The van der Waals surface area contributed by atoms with E-state index >= 15 is 0 Å². The van der Waals surface area contributed by atoms with Crippen molar-refractivity contribution in [1.82, 2.24) is 4.90 Å². The van der Waals surface area contributed by atoms with Crippen molar-refractivity contribution >= 4 is 0 Å². The van der Waals surface area contributed by atoms with Crippen molar-refractivity contribution in [1.29, 1.82) is 0 Å². The third kappa shape index (κ3) is 2.05. The fourth-order valence-corrected chi connectivity index (χ4v) is 2.22. The molecule has 1 aromatic carbocycles. The first-order valence-electron chi connectivity index (χ1n) is 5.45. The highest BCUT2D eigenvalue weighted by Crippen LogP contribution is 2.48. The molecule has 82 valence electrons. The molecule has 1 aromatic rings. The van der Waals surface area contributed by atoms with E-state index in [2.05, 4.69) is 25.1 Å². The molecule has 2 heteroatoms. The summed E-state index contributed by atoms with van der Waals surface area (Å²) in [7, 11) is 4.15. The maximum Gasteiger partial charge on any atom is 0.126 e. The quantitative estimate of drug-likeness (QED) is 0.736. The molecule has 0 amide bonds. The average molecular weight is 207 g/mol. The number of nitrogens with zero attached hydrogens (tertiary/aromatic N) is 1. The maximum atomic E-state index is 13.5. The Morgan fingerprint density at radius 3 is 2.47 bits per heavy atom. The molecule has 0 saturated heterocycles. The molecule has 15 heavy (non-hydrogen) atoms. The van der Waals surface area contributed by atoms with Crippen molar-refractivity contribution in [3.05, 3.63) is 35.1 Å². The Balaban J connectivity index is 2.26. The van der Waals surface area contributed by atoms with Gasteiger partial charge in [-0.15, -0.1) is 0 Å². The van der Waals surface area contributed by atoms with Crippen LogP contribution in [0.1, 0.15) is 24.0 Å². The fraction of sp³-hybridized carbons (Fsp3) is 0.538. The summed E-state index contributed by atoms with van der Waals surface area (Å²) in [6.45, 7) is 2.83. The van der Waals surface area contributed by atoms with Crippen LogP contribution in [0.2, 0.25) is 0 Å². The van der Waals surface area contributed by atoms with Gasteiger partial charge in [-0.1, -0.05) is 12.1 Å². The van der Waals surface area contributed by atoms with Crippen LogP contribution in [0.3, 0.4) is 0 Å². The minimum Gasteiger partial charge on any atom is -0.309 e. The molecule has 0 spiro atoms. The van der Waals surface area contributed by atoms with E-state index < -0.39 is 0 Å². The lowest BCUT2D eigenvalue weighted by Crippen LogP contribution is -2.25. The van der Waals surface area contributed by atoms with Gasteiger partial charge in [-0.05, 0) is 51.1 Å². The Kier molecular flexibility index (Phi) is 2.55. The first-order chi connectivity index (χ1) is 7.03. The summed E-state index contributed by atoms with van der Waals surface area (Å²) in [5, 5.41) is 0. The van der Waals surface area contributed by atoms with Gasteiger partial charge in [-0.3, -0.25) is 0 Å². The minimum absolute atomic E-state index is 0.0717. The number of hydrogen-bond donors (Lipinski definition) is 0. The van der Waals surface area contributed by atoms with Crippen LogP contribution in [-0.4, -0.2) is 25.5 Å². The Bertz CT molecular complexity index is 367. The van der Waals surface area contributed by atoms with Crippen molar-refractivity contribution in [2.75, 3.05) is 20.6 Å². The summed E-state index contributed by atoms with van der Waals surface area (Å²) in [5.74, 6) is -0.0717. The maximum absolute atomic E-state index is 13.5. The zero-order valence-electron chi connectivity index (χ0n) is 9.68. The van der Waals surface area contributed by atoms with Crippen molar-refractivity contribution in [3.8, 4) is 0 Å². The van der Waals surface area contributed by atoms with Gasteiger partial charge >= 0.3 is 0 Å². The third-order valence-corrected chi connectivity index (χ3v) is 3.26. The van der Waals surface area contributed by atoms with Crippen LogP contribution >= 0.6 is 0 Å². The fourth-order valence-electron chi connectivity index (χ4n) is 2.22. The lowest BCUT2D eigenvalue weighted by Gasteiger charge is -2.20. The monoisotopic (exact) mass is 207 g/mol. The van der Waals surface area contributed by atoms with Gasteiger partial charge in [0.1, 0.15) is 5.82 Å². The molecular weight excluding hydrogens is 189 g/mol. The number of rotatable bonds is 3. The molecule has 1 aliphatic rings. The molecule has 0 atom stereocenters. The predicted octanol–water partition coefficient (Wildman–Crippen LogP) is 2.73. The van der Waals surface area contributed by atoms with Gasteiger partial charge in [0.05, 0.1) is 0 Å². The second-order valence-electron chi connectivity index (χ2n) is 4.98. The predicted molar refractivity (Wildman–Crippen MR) is 60.6 cm³/mol. The second-order valence-corrected chi connectivity index (χ2v) is 4.98. The smallest absolute Gasteiger partial charge is 0.126 e. The van der Waals surface area contributed by atoms with E-state index in [1.807, 2.05) is 13.0 Å². The summed E-state index contributed by atoms with van der Waals surface area (Å²) in [5.41, 5.74) is 2.14. The lowest BCUT2D eigenvalue weighted by atomic mass is 9.94. The van der Waals surface area contributed by atoms with Crippen LogP contribution in [-0.2, 0) is 5.41 Å². The van der Waals surface area contributed by atoms with Crippen molar-refractivity contribution < 1.29 is 4.39 Å². The number of hydrogen-bond acceptors (Lipinski definition) is 1. The van der Waals surface area contributed by atoms with E-state index in [4.69, 9.17) is 0 Å². The van der Waals surface area contributed by atoms with Gasteiger partial charge in [0.2, 0.25) is 0 Å². The molecule has 0 unspecified atom stereocenters. The van der Waals surface area contributed by atoms with Gasteiger partial charge in [0, 0.05) is 12.0 Å². The third-order valence-electron chi connectivity index (χ3n) is 3.26. The molecule has 1 saturated carbocycles. The molecule has 1 nitrogen and oxygen atoms in total. The first kappa shape index (κ1) is 10.6. The highest BCUT2D eigenvalue weighted by molar-refractivity contribution is 5.34. The molecule has 0 aliphatic heterocycles. The Labute approximate surface area is 90.9 Å². The van der Waals surface area contributed by atoms with E-state index in [9.17, 15) is 4.39 Å². The van der Waals surface area contributed by atoms with E-state index in [1.165, 1.54) is 18.4 Å². The largest absolute Gasteiger partial charge is 0.309 e. The van der Waals surface area contributed by atoms with Gasteiger partial charge in [-0.25, -0.2) is 4.39 Å². The summed E-state index contributed by atoms with van der Waals surface area (Å²) in [4.78, 5) is 2.19. The van der Waals surface area contributed by atoms with Crippen molar-refractivity contribution in [2.24, 2.45) is 0 Å². The normalized spacial score (nSPS) is 18.2. The average Bonchev–Trinajstić information content (AvgIpc) is 2.89. The second kappa shape index (κ2) is 3.60. The van der Waals surface area contributed by atoms with Crippen LogP contribution in [0.15, 0.2) is 18.2 Å². The Morgan fingerprint density at radius 2 is 2.00 bits per heavy atom. The van der Waals surface area contributed by atoms with Crippen molar-refractivity contribution in [2.45, 2.75) is 25.2 Å². The molecule has 0 aromatic heterocycles. The van der Waals surface area contributed by atoms with Crippen LogP contribution < -0.4 is 0 Å². The zero-order chi connectivity index (χ0) is 11.1. The molecule has 1 aliphatic carbocycles. The van der Waals surface area contributed by atoms with E-state index in [0.29, 0.717) is 0 Å². The highest BCUT2D eigenvalue weighted by Gasteiger charge is 2.44. The SMILES string of the molecule is Cc1ccc(C2(CN(C)C)CC2)cc1F. The van der Waals surface area contributed by atoms with Gasteiger partial charge in [-0.2, -0.15) is 0 Å². The van der Waals surface area contributed by atoms with E-state index in [1.54, 1.807) is 6.07 Å². The number of aryl methyl sites for hydroxylation is 1. The van der Waals surface area contributed by atoms with Gasteiger partial charge in [0.25, 0.3) is 0 Å². The van der Waals surface area contributed by atoms with Crippen molar-refractivity contribution in [3.63, 3.8) is 0 Å². The van der Waals surface area contributed by atoms with Crippen LogP contribution in [0.5, 0.6) is 0 Å². The number of halogens is 1. The van der Waals surface area contributed by atoms with Crippen LogP contribution in [0.4, 0.5) is 4.39 Å². The summed E-state index contributed by atoms with van der Waals surface area (Å²) < 4.78 is 13.5. The zero-order valence-corrected chi connectivity index (χ0v) is 9.68. The topological polar surface area (TPSA) is 3.24 Å². The Hall–Kier alpha value is -0.890. The molecular formula is C13H18FN. The number of benzene rings is 1. The summed E-state index contributed by atoms with van der Waals surface area (Å²) in [6, 6.07) is 5.68. The Morgan fingerprint density at radius 1 is 1.33 bits per heavy atom. The molecule has 0 bridgehead atoms. The lowest BCUT2D eigenvalue weighted by molar-refractivity contribution is 0.362. The standard InChI is InChI=1S/C13H18FN/c1-10-4-5-11(8-12(10)14)13(6-7-13)9-15(2)3/h4-5,8H,6-7,9H2,1-3H3.